The molecule has 0 bridgehead atoms. The third-order valence-corrected chi connectivity index (χ3v) is 4.13. The standard InChI is InChI=1S/C17H15N3O2S/c1-12-4-6-13(7-5-12)11-23-16-9-8-15(19-20-16)18-17(21)14-3-2-10-22-14/h2-10H,11H2,1H3,(H,18,19,21). The molecule has 3 rings (SSSR count). The summed E-state index contributed by atoms with van der Waals surface area (Å²) in [5.74, 6) is 1.12. The van der Waals surface area contributed by atoms with Crippen molar-refractivity contribution in [1.29, 1.82) is 0 Å². The predicted octanol–water partition coefficient (Wildman–Crippen LogP) is 3.92. The number of benzene rings is 1. The number of nitrogens with one attached hydrogen (secondary N) is 1. The van der Waals surface area contributed by atoms with Gasteiger partial charge in [-0.15, -0.1) is 10.2 Å². The molecule has 0 saturated heterocycles. The molecule has 2 heterocycles. The highest BCUT2D eigenvalue weighted by atomic mass is 32.2. The zero-order chi connectivity index (χ0) is 16.1. The Bertz CT molecular complexity index is 769. The first-order chi connectivity index (χ1) is 11.2. The minimum absolute atomic E-state index is 0.240. The Morgan fingerprint density at radius 3 is 2.61 bits per heavy atom. The molecule has 0 spiro atoms. The molecule has 0 radical (unpaired) electrons. The summed E-state index contributed by atoms with van der Waals surface area (Å²) in [6.07, 6.45) is 1.45. The summed E-state index contributed by atoms with van der Waals surface area (Å²) in [6, 6.07) is 15.2. The molecule has 1 aromatic carbocycles. The highest BCUT2D eigenvalue weighted by Crippen LogP contribution is 2.21. The normalized spacial score (nSPS) is 10.5. The minimum Gasteiger partial charge on any atom is -0.459 e. The van der Waals surface area contributed by atoms with Crippen LogP contribution in [-0.4, -0.2) is 16.1 Å². The Labute approximate surface area is 138 Å². The quantitative estimate of drug-likeness (QED) is 0.720. The zero-order valence-electron chi connectivity index (χ0n) is 12.5. The second kappa shape index (κ2) is 7.11. The number of carbonyl (C=O) groups is 1. The first-order valence-electron chi connectivity index (χ1n) is 7.07. The van der Waals surface area contributed by atoms with Crippen LogP contribution in [0, 0.1) is 6.92 Å². The van der Waals surface area contributed by atoms with E-state index in [0.29, 0.717) is 5.82 Å². The van der Waals surface area contributed by atoms with E-state index in [1.807, 2.05) is 6.07 Å². The zero-order valence-corrected chi connectivity index (χ0v) is 13.3. The minimum atomic E-state index is -0.343. The fraction of sp³-hybridized carbons (Fsp3) is 0.118. The largest absolute Gasteiger partial charge is 0.459 e. The van der Waals surface area contributed by atoms with E-state index in [1.165, 1.54) is 17.4 Å². The van der Waals surface area contributed by atoms with E-state index in [-0.39, 0.29) is 11.7 Å². The van der Waals surface area contributed by atoms with Crippen molar-refractivity contribution in [3.63, 3.8) is 0 Å². The number of hydrogen-bond acceptors (Lipinski definition) is 5. The number of carbonyl (C=O) groups excluding carboxylic acids is 1. The van der Waals surface area contributed by atoms with E-state index in [0.717, 1.165) is 10.8 Å². The first kappa shape index (κ1) is 15.3. The molecule has 0 saturated carbocycles. The number of nitrogens with zero attached hydrogens (tertiary/aromatic N) is 2. The summed E-state index contributed by atoms with van der Waals surface area (Å²) in [6.45, 7) is 2.07. The van der Waals surface area contributed by atoms with Gasteiger partial charge in [0, 0.05) is 5.75 Å². The lowest BCUT2D eigenvalue weighted by molar-refractivity contribution is 0.0996. The summed E-state index contributed by atoms with van der Waals surface area (Å²) >= 11 is 1.60. The van der Waals surface area contributed by atoms with Crippen LogP contribution in [0.5, 0.6) is 0 Å². The molecule has 1 amide bonds. The number of amides is 1. The summed E-state index contributed by atoms with van der Waals surface area (Å²) in [5.41, 5.74) is 2.48. The summed E-state index contributed by atoms with van der Waals surface area (Å²) in [4.78, 5) is 11.8. The summed E-state index contributed by atoms with van der Waals surface area (Å²) in [7, 11) is 0. The van der Waals surface area contributed by atoms with Crippen LogP contribution in [0.25, 0.3) is 0 Å². The van der Waals surface area contributed by atoms with Crippen LogP contribution in [0.3, 0.4) is 0 Å². The van der Waals surface area contributed by atoms with Crippen molar-refractivity contribution < 1.29 is 9.21 Å². The van der Waals surface area contributed by atoms with Crippen LogP contribution in [0.1, 0.15) is 21.7 Å². The molecule has 3 aromatic rings. The molecular weight excluding hydrogens is 310 g/mol. The van der Waals surface area contributed by atoms with E-state index in [4.69, 9.17) is 4.42 Å². The molecule has 2 aromatic heterocycles. The molecule has 0 fully saturated rings. The lowest BCUT2D eigenvalue weighted by Crippen LogP contribution is -2.12. The molecule has 0 atom stereocenters. The van der Waals surface area contributed by atoms with Gasteiger partial charge in [-0.05, 0) is 36.8 Å². The van der Waals surface area contributed by atoms with Gasteiger partial charge in [-0.1, -0.05) is 41.6 Å². The van der Waals surface area contributed by atoms with Crippen molar-refractivity contribution in [3.8, 4) is 0 Å². The molecule has 0 unspecified atom stereocenters. The second-order valence-corrected chi connectivity index (χ2v) is 5.96. The number of aromatic nitrogens is 2. The summed E-state index contributed by atoms with van der Waals surface area (Å²) < 4.78 is 5.02. The maximum Gasteiger partial charge on any atom is 0.292 e. The van der Waals surface area contributed by atoms with Crippen LogP contribution >= 0.6 is 11.8 Å². The first-order valence-corrected chi connectivity index (χ1v) is 8.06. The Kier molecular flexibility index (Phi) is 4.73. The third-order valence-electron chi connectivity index (χ3n) is 3.13. The molecule has 23 heavy (non-hydrogen) atoms. The third kappa shape index (κ3) is 4.20. The topological polar surface area (TPSA) is 68.0 Å². The molecule has 5 nitrogen and oxygen atoms in total. The molecule has 0 aliphatic heterocycles. The van der Waals surface area contributed by atoms with E-state index < -0.39 is 0 Å². The fourth-order valence-corrected chi connectivity index (χ4v) is 2.66. The van der Waals surface area contributed by atoms with E-state index in [9.17, 15) is 4.79 Å². The maximum atomic E-state index is 11.8. The van der Waals surface area contributed by atoms with Gasteiger partial charge in [-0.3, -0.25) is 4.79 Å². The lowest BCUT2D eigenvalue weighted by atomic mass is 10.2. The predicted molar refractivity (Wildman–Crippen MR) is 89.4 cm³/mol. The van der Waals surface area contributed by atoms with Crippen LogP contribution in [-0.2, 0) is 5.75 Å². The number of hydrogen-bond donors (Lipinski definition) is 1. The SMILES string of the molecule is Cc1ccc(CSc2ccc(NC(=O)c3ccco3)nn2)cc1. The van der Waals surface area contributed by atoms with Gasteiger partial charge in [0.15, 0.2) is 11.6 Å². The van der Waals surface area contributed by atoms with Crippen LogP contribution in [0.2, 0.25) is 0 Å². The van der Waals surface area contributed by atoms with Crippen LogP contribution in [0.4, 0.5) is 5.82 Å². The molecule has 1 N–H and O–H groups in total. The summed E-state index contributed by atoms with van der Waals surface area (Å²) in [5, 5.41) is 11.6. The van der Waals surface area contributed by atoms with Crippen LogP contribution < -0.4 is 5.32 Å². The van der Waals surface area contributed by atoms with Crippen molar-refractivity contribution >= 4 is 23.5 Å². The van der Waals surface area contributed by atoms with Gasteiger partial charge in [0.05, 0.1) is 6.26 Å². The van der Waals surface area contributed by atoms with Crippen molar-refractivity contribution in [3.05, 3.63) is 71.7 Å². The number of aryl methyl sites for hydroxylation is 1. The molecule has 6 heteroatoms. The average molecular weight is 325 g/mol. The highest BCUT2D eigenvalue weighted by molar-refractivity contribution is 7.98. The van der Waals surface area contributed by atoms with Gasteiger partial charge in [-0.2, -0.15) is 0 Å². The Balaban J connectivity index is 1.56. The smallest absolute Gasteiger partial charge is 0.292 e. The van der Waals surface area contributed by atoms with E-state index in [2.05, 4.69) is 46.7 Å². The van der Waals surface area contributed by atoms with Gasteiger partial charge in [0.25, 0.3) is 5.91 Å². The Morgan fingerprint density at radius 2 is 1.96 bits per heavy atom. The number of anilines is 1. The highest BCUT2D eigenvalue weighted by Gasteiger charge is 2.09. The van der Waals surface area contributed by atoms with E-state index in [1.54, 1.807) is 30.0 Å². The number of furan rings is 1. The molecule has 0 aliphatic carbocycles. The van der Waals surface area contributed by atoms with Crippen LogP contribution in [0.15, 0.2) is 64.2 Å². The fourth-order valence-electron chi connectivity index (χ4n) is 1.89. The van der Waals surface area contributed by atoms with Gasteiger partial charge >= 0.3 is 0 Å². The van der Waals surface area contributed by atoms with Gasteiger partial charge in [-0.25, -0.2) is 0 Å². The Hall–Kier alpha value is -2.60. The van der Waals surface area contributed by atoms with Crippen molar-refractivity contribution in [1.82, 2.24) is 10.2 Å². The monoisotopic (exact) mass is 325 g/mol. The van der Waals surface area contributed by atoms with Gasteiger partial charge in [0.2, 0.25) is 0 Å². The average Bonchev–Trinajstić information content (AvgIpc) is 3.10. The number of rotatable bonds is 5. The van der Waals surface area contributed by atoms with Crippen molar-refractivity contribution in [2.24, 2.45) is 0 Å². The molecule has 116 valence electrons. The molecule has 0 aliphatic rings. The Morgan fingerprint density at radius 1 is 1.13 bits per heavy atom. The maximum absolute atomic E-state index is 11.8. The lowest BCUT2D eigenvalue weighted by Gasteiger charge is -2.04. The van der Waals surface area contributed by atoms with Crippen molar-refractivity contribution in [2.45, 2.75) is 17.7 Å². The molecular formula is C17H15N3O2S. The van der Waals surface area contributed by atoms with Crippen molar-refractivity contribution in [2.75, 3.05) is 5.32 Å². The second-order valence-electron chi connectivity index (χ2n) is 4.96. The van der Waals surface area contributed by atoms with Gasteiger partial charge in [0.1, 0.15) is 5.03 Å². The number of thioether (sulfide) groups is 1. The van der Waals surface area contributed by atoms with Gasteiger partial charge < -0.3 is 9.73 Å². The van der Waals surface area contributed by atoms with E-state index >= 15 is 0 Å².